The van der Waals surface area contributed by atoms with Crippen LogP contribution in [-0.4, -0.2) is 35.2 Å². The molecule has 0 bridgehead atoms. The molecule has 3 nitrogen and oxygen atoms in total. The van der Waals surface area contributed by atoms with E-state index in [0.29, 0.717) is 0 Å². The standard InChI is InChI=1S/C24H33FN2OS/c1-5-28-24(12-13-24)23(11-10-20-8-9-21(25)29-20)14-15-27(17-23)22(3,4)19-7-6-18(2)26-16-19/h6-9,16H,5,10-15,17H2,1-4H3/t23-/m1/s1. The molecular formula is C24H33FN2OS. The second-order valence-corrected chi connectivity index (χ2v) is 10.5. The summed E-state index contributed by atoms with van der Waals surface area (Å²) in [4.78, 5) is 8.30. The van der Waals surface area contributed by atoms with Crippen molar-refractivity contribution in [1.82, 2.24) is 9.88 Å². The van der Waals surface area contributed by atoms with Gasteiger partial charge in [-0.15, -0.1) is 11.3 Å². The maximum absolute atomic E-state index is 13.5. The van der Waals surface area contributed by atoms with Crippen molar-refractivity contribution in [2.24, 2.45) is 5.41 Å². The summed E-state index contributed by atoms with van der Waals surface area (Å²) in [7, 11) is 0. The van der Waals surface area contributed by atoms with Gasteiger partial charge < -0.3 is 4.74 Å². The Morgan fingerprint density at radius 3 is 2.59 bits per heavy atom. The summed E-state index contributed by atoms with van der Waals surface area (Å²) in [5.74, 6) is 0. The average molecular weight is 417 g/mol. The molecule has 0 unspecified atom stereocenters. The molecule has 5 heteroatoms. The molecule has 0 N–H and O–H groups in total. The van der Waals surface area contributed by atoms with Crippen molar-refractivity contribution in [1.29, 1.82) is 0 Å². The molecule has 2 aliphatic rings. The molecule has 0 radical (unpaired) electrons. The smallest absolute Gasteiger partial charge is 0.176 e. The van der Waals surface area contributed by atoms with Gasteiger partial charge in [-0.05, 0) is 90.1 Å². The van der Waals surface area contributed by atoms with Gasteiger partial charge in [0, 0.05) is 40.9 Å². The molecule has 2 aromatic heterocycles. The lowest BCUT2D eigenvalue weighted by molar-refractivity contribution is -0.0626. The number of aryl methyl sites for hydroxylation is 2. The largest absolute Gasteiger partial charge is 0.375 e. The van der Waals surface area contributed by atoms with Crippen LogP contribution in [0, 0.1) is 17.5 Å². The molecule has 4 rings (SSSR count). The molecular weight excluding hydrogens is 383 g/mol. The van der Waals surface area contributed by atoms with Crippen molar-refractivity contribution in [2.75, 3.05) is 19.7 Å². The van der Waals surface area contributed by atoms with Gasteiger partial charge in [-0.25, -0.2) is 0 Å². The van der Waals surface area contributed by atoms with Gasteiger partial charge in [-0.3, -0.25) is 9.88 Å². The maximum atomic E-state index is 13.5. The Balaban J connectivity index is 1.57. The number of hydrogen-bond donors (Lipinski definition) is 0. The zero-order valence-electron chi connectivity index (χ0n) is 18.1. The Labute approximate surface area is 178 Å². The molecule has 1 saturated carbocycles. The second-order valence-electron chi connectivity index (χ2n) is 9.33. The minimum atomic E-state index is -0.0824. The summed E-state index contributed by atoms with van der Waals surface area (Å²) >= 11 is 1.29. The number of thiophene rings is 1. The van der Waals surface area contributed by atoms with Crippen molar-refractivity contribution >= 4 is 11.3 Å². The summed E-state index contributed by atoms with van der Waals surface area (Å²) in [6, 6.07) is 7.86. The van der Waals surface area contributed by atoms with Crippen LogP contribution in [0.3, 0.4) is 0 Å². The number of halogens is 1. The van der Waals surface area contributed by atoms with Crippen LogP contribution >= 0.6 is 11.3 Å². The van der Waals surface area contributed by atoms with Crippen LogP contribution in [0.2, 0.25) is 0 Å². The van der Waals surface area contributed by atoms with Crippen LogP contribution in [-0.2, 0) is 16.7 Å². The number of aromatic nitrogens is 1. The Hall–Kier alpha value is -1.30. The summed E-state index contributed by atoms with van der Waals surface area (Å²) < 4.78 is 19.9. The third-order valence-corrected chi connectivity index (χ3v) is 8.27. The lowest BCUT2D eigenvalue weighted by Crippen LogP contribution is -2.46. The third kappa shape index (κ3) is 3.89. The van der Waals surface area contributed by atoms with E-state index in [1.807, 2.05) is 19.2 Å². The lowest BCUT2D eigenvalue weighted by Gasteiger charge is -2.41. The van der Waals surface area contributed by atoms with E-state index < -0.39 is 0 Å². The summed E-state index contributed by atoms with van der Waals surface area (Å²) in [5.41, 5.74) is 2.39. The fraction of sp³-hybridized carbons (Fsp3) is 0.625. The summed E-state index contributed by atoms with van der Waals surface area (Å²) in [6.45, 7) is 11.6. The van der Waals surface area contributed by atoms with Crippen LogP contribution in [0.25, 0.3) is 0 Å². The van der Waals surface area contributed by atoms with E-state index >= 15 is 0 Å². The number of likely N-dealkylation sites (tertiary alicyclic amines) is 1. The first kappa shape index (κ1) is 21.0. The molecule has 2 aromatic rings. The first-order chi connectivity index (χ1) is 13.8. The van der Waals surface area contributed by atoms with Gasteiger partial charge in [0.15, 0.2) is 5.13 Å². The van der Waals surface area contributed by atoms with E-state index in [-0.39, 0.29) is 21.7 Å². The molecule has 0 amide bonds. The van der Waals surface area contributed by atoms with Gasteiger partial charge in [0.05, 0.1) is 5.60 Å². The highest BCUT2D eigenvalue weighted by Crippen LogP contribution is 2.60. The molecule has 29 heavy (non-hydrogen) atoms. The highest BCUT2D eigenvalue weighted by atomic mass is 32.1. The number of hydrogen-bond acceptors (Lipinski definition) is 4. The van der Waals surface area contributed by atoms with Crippen molar-refractivity contribution in [2.45, 2.75) is 70.9 Å². The van der Waals surface area contributed by atoms with Gasteiger partial charge in [0.25, 0.3) is 0 Å². The number of pyridine rings is 1. The van der Waals surface area contributed by atoms with Crippen LogP contribution in [0.15, 0.2) is 30.5 Å². The zero-order valence-corrected chi connectivity index (χ0v) is 18.9. The average Bonchev–Trinajstić information content (AvgIpc) is 3.15. The molecule has 0 aromatic carbocycles. The Kier molecular flexibility index (Phi) is 5.60. The van der Waals surface area contributed by atoms with Crippen LogP contribution in [0.5, 0.6) is 0 Å². The molecule has 3 heterocycles. The molecule has 2 fully saturated rings. The SMILES string of the molecule is CCOC1([C@]2(CCc3ccc(F)s3)CCN(C(C)(C)c3ccc(C)nc3)C2)CC1. The van der Waals surface area contributed by atoms with Gasteiger partial charge in [-0.1, -0.05) is 6.07 Å². The summed E-state index contributed by atoms with van der Waals surface area (Å²) in [6.07, 6.45) is 7.47. The number of rotatable bonds is 8. The molecule has 1 saturated heterocycles. The van der Waals surface area contributed by atoms with Crippen molar-refractivity contribution < 1.29 is 9.13 Å². The second kappa shape index (κ2) is 7.75. The fourth-order valence-electron chi connectivity index (χ4n) is 5.23. The van der Waals surface area contributed by atoms with Crippen molar-refractivity contribution in [3.63, 3.8) is 0 Å². The first-order valence-electron chi connectivity index (χ1n) is 10.9. The third-order valence-electron chi connectivity index (χ3n) is 7.33. The predicted octanol–water partition coefficient (Wildman–Crippen LogP) is 5.72. The van der Waals surface area contributed by atoms with E-state index in [2.05, 4.69) is 42.8 Å². The Morgan fingerprint density at radius 1 is 1.21 bits per heavy atom. The summed E-state index contributed by atoms with van der Waals surface area (Å²) in [5, 5.41) is -0.0824. The first-order valence-corrected chi connectivity index (χ1v) is 11.7. The fourth-order valence-corrected chi connectivity index (χ4v) is 5.96. The van der Waals surface area contributed by atoms with Gasteiger partial charge >= 0.3 is 0 Å². The lowest BCUT2D eigenvalue weighted by atomic mass is 9.74. The molecule has 158 valence electrons. The van der Waals surface area contributed by atoms with E-state index in [4.69, 9.17) is 4.74 Å². The highest BCUT2D eigenvalue weighted by molar-refractivity contribution is 7.10. The topological polar surface area (TPSA) is 25.4 Å². The minimum absolute atomic E-state index is 0.00785. The highest BCUT2D eigenvalue weighted by Gasteiger charge is 2.62. The van der Waals surface area contributed by atoms with E-state index in [0.717, 1.165) is 62.4 Å². The van der Waals surface area contributed by atoms with Gasteiger partial charge in [-0.2, -0.15) is 4.39 Å². The van der Waals surface area contributed by atoms with Crippen molar-refractivity contribution in [3.05, 3.63) is 51.7 Å². The number of nitrogens with zero attached hydrogens (tertiary/aromatic N) is 2. The van der Waals surface area contributed by atoms with Crippen LogP contribution in [0.4, 0.5) is 4.39 Å². The monoisotopic (exact) mass is 416 g/mol. The molecule has 0 spiro atoms. The van der Waals surface area contributed by atoms with Crippen LogP contribution < -0.4 is 0 Å². The van der Waals surface area contributed by atoms with Crippen molar-refractivity contribution in [3.8, 4) is 0 Å². The van der Waals surface area contributed by atoms with Crippen LogP contribution in [0.1, 0.15) is 62.6 Å². The predicted molar refractivity (Wildman–Crippen MR) is 117 cm³/mol. The molecule has 1 aliphatic carbocycles. The Bertz CT molecular complexity index is 843. The van der Waals surface area contributed by atoms with Gasteiger partial charge in [0.2, 0.25) is 0 Å². The number of ether oxygens (including phenoxy) is 1. The van der Waals surface area contributed by atoms with Gasteiger partial charge in [0.1, 0.15) is 0 Å². The molecule has 1 atom stereocenters. The zero-order chi connectivity index (χ0) is 20.7. The van der Waals surface area contributed by atoms with E-state index in [9.17, 15) is 4.39 Å². The maximum Gasteiger partial charge on any atom is 0.176 e. The minimum Gasteiger partial charge on any atom is -0.375 e. The quantitative estimate of drug-likeness (QED) is 0.550. The molecule has 1 aliphatic heterocycles. The van der Waals surface area contributed by atoms with E-state index in [1.54, 1.807) is 6.07 Å². The Morgan fingerprint density at radius 2 is 2.00 bits per heavy atom. The normalized spacial score (nSPS) is 24.2. The van der Waals surface area contributed by atoms with E-state index in [1.165, 1.54) is 16.9 Å².